The van der Waals surface area contributed by atoms with Crippen molar-refractivity contribution in [3.63, 3.8) is 0 Å². The van der Waals surface area contributed by atoms with Gasteiger partial charge in [-0.25, -0.2) is 4.79 Å². The molecule has 1 aliphatic rings. The Hall–Kier alpha value is -2.64. The first-order chi connectivity index (χ1) is 11.6. The number of H-pyrrole nitrogens is 1. The third-order valence-electron chi connectivity index (χ3n) is 4.45. The molecule has 1 N–H and O–H groups in total. The predicted octanol–water partition coefficient (Wildman–Crippen LogP) is 0.669. The van der Waals surface area contributed by atoms with Crippen molar-refractivity contribution in [3.8, 4) is 0 Å². The first-order valence-corrected chi connectivity index (χ1v) is 8.08. The van der Waals surface area contributed by atoms with Crippen molar-refractivity contribution in [2.24, 2.45) is 12.0 Å². The van der Waals surface area contributed by atoms with Crippen molar-refractivity contribution >= 4 is 23.8 Å². The molecule has 0 spiro atoms. The summed E-state index contributed by atoms with van der Waals surface area (Å²) < 4.78 is 3.23. The van der Waals surface area contributed by atoms with Crippen LogP contribution < -0.4 is 16.1 Å². The lowest BCUT2D eigenvalue weighted by Gasteiger charge is -2.31. The fourth-order valence-electron chi connectivity index (χ4n) is 3.13. The molecule has 1 atom stereocenters. The maximum absolute atomic E-state index is 12.4. The minimum absolute atomic E-state index is 0.163. The van der Waals surface area contributed by atoms with Crippen molar-refractivity contribution in [3.05, 3.63) is 33.0 Å². The number of aromatic nitrogens is 4. The van der Waals surface area contributed by atoms with Crippen LogP contribution in [0.15, 0.2) is 26.7 Å². The number of aromatic amines is 1. The Morgan fingerprint density at radius 3 is 2.96 bits per heavy atom. The zero-order valence-electron chi connectivity index (χ0n) is 14.0. The van der Waals surface area contributed by atoms with E-state index in [9.17, 15) is 9.59 Å². The highest BCUT2D eigenvalue weighted by molar-refractivity contribution is 5.74. The van der Waals surface area contributed by atoms with Gasteiger partial charge in [-0.1, -0.05) is 12.2 Å². The fraction of sp³-hybridized carbons (Fsp3) is 0.500. The van der Waals surface area contributed by atoms with Crippen LogP contribution in [0.1, 0.15) is 19.8 Å². The molecule has 2 aromatic heterocycles. The van der Waals surface area contributed by atoms with Gasteiger partial charge in [0.05, 0.1) is 6.04 Å². The number of rotatable bonds is 4. The molecule has 24 heavy (non-hydrogen) atoms. The first-order valence-electron chi connectivity index (χ1n) is 8.08. The average Bonchev–Trinajstić information content (AvgIpc) is 2.98. The van der Waals surface area contributed by atoms with E-state index < -0.39 is 11.2 Å². The number of aliphatic imine (C=N–C) groups is 1. The summed E-state index contributed by atoms with van der Waals surface area (Å²) in [5.41, 5.74) is -0.0541. The van der Waals surface area contributed by atoms with Gasteiger partial charge in [-0.2, -0.15) is 4.98 Å². The van der Waals surface area contributed by atoms with Crippen LogP contribution in [-0.4, -0.2) is 45.0 Å². The minimum Gasteiger partial charge on any atom is -0.340 e. The minimum atomic E-state index is -0.459. The topological polar surface area (TPSA) is 88.3 Å². The molecule has 8 nitrogen and oxygen atoms in total. The maximum Gasteiger partial charge on any atom is 0.329 e. The summed E-state index contributed by atoms with van der Waals surface area (Å²) in [5.74, 6) is 0.697. The number of nitrogens with one attached hydrogen (secondary N) is 1. The van der Waals surface area contributed by atoms with Crippen molar-refractivity contribution in [1.29, 1.82) is 0 Å². The van der Waals surface area contributed by atoms with E-state index in [-0.39, 0.29) is 6.04 Å². The van der Waals surface area contributed by atoms with Crippen molar-refractivity contribution in [1.82, 2.24) is 19.1 Å². The molecular formula is C16H22N6O2. The Balaban J connectivity index is 2.21. The number of aryl methyl sites for hydroxylation is 1. The lowest BCUT2D eigenvalue weighted by atomic mass is 10.1. The molecule has 128 valence electrons. The Kier molecular flexibility index (Phi) is 4.37. The number of imidazole rings is 1. The van der Waals surface area contributed by atoms with E-state index >= 15 is 0 Å². The Labute approximate surface area is 139 Å². The van der Waals surface area contributed by atoms with E-state index in [1.807, 2.05) is 23.6 Å². The largest absolute Gasteiger partial charge is 0.340 e. The van der Waals surface area contributed by atoms with Crippen LogP contribution in [0, 0.1) is 0 Å². The SMILES string of the molecule is C=N[C@@H]1CCCN(c2nc3c(c(=O)[nH]c(=O)n3C)n2C/C=C/C)C1. The fourth-order valence-corrected chi connectivity index (χ4v) is 3.13. The molecule has 0 bridgehead atoms. The molecular weight excluding hydrogens is 308 g/mol. The molecule has 0 radical (unpaired) electrons. The van der Waals surface area contributed by atoms with E-state index in [0.29, 0.717) is 30.2 Å². The monoisotopic (exact) mass is 330 g/mol. The Morgan fingerprint density at radius 2 is 2.25 bits per heavy atom. The number of piperidine rings is 1. The predicted molar refractivity (Wildman–Crippen MR) is 95.2 cm³/mol. The van der Waals surface area contributed by atoms with E-state index in [4.69, 9.17) is 0 Å². The second-order valence-corrected chi connectivity index (χ2v) is 6.01. The number of hydrogen-bond acceptors (Lipinski definition) is 5. The molecule has 2 aromatic rings. The van der Waals surface area contributed by atoms with Gasteiger partial charge in [-0.05, 0) is 26.5 Å². The van der Waals surface area contributed by atoms with Gasteiger partial charge in [0, 0.05) is 26.7 Å². The van der Waals surface area contributed by atoms with Crippen molar-refractivity contribution in [2.45, 2.75) is 32.4 Å². The van der Waals surface area contributed by atoms with Crippen LogP contribution in [0.5, 0.6) is 0 Å². The second kappa shape index (κ2) is 6.46. The number of nitrogens with zero attached hydrogens (tertiary/aromatic N) is 5. The molecule has 3 heterocycles. The maximum atomic E-state index is 12.4. The highest BCUT2D eigenvalue weighted by Crippen LogP contribution is 2.24. The summed E-state index contributed by atoms with van der Waals surface area (Å²) in [6, 6.07) is 0.163. The van der Waals surface area contributed by atoms with Crippen LogP contribution >= 0.6 is 0 Å². The first kappa shape index (κ1) is 16.2. The summed E-state index contributed by atoms with van der Waals surface area (Å²) in [4.78, 5) is 37.5. The van der Waals surface area contributed by atoms with Gasteiger partial charge >= 0.3 is 5.69 Å². The third-order valence-corrected chi connectivity index (χ3v) is 4.45. The van der Waals surface area contributed by atoms with E-state index in [2.05, 4.69) is 26.6 Å². The van der Waals surface area contributed by atoms with E-state index in [0.717, 1.165) is 19.4 Å². The lowest BCUT2D eigenvalue weighted by molar-refractivity contribution is 0.499. The lowest BCUT2D eigenvalue weighted by Crippen LogP contribution is -2.39. The Morgan fingerprint density at radius 1 is 1.46 bits per heavy atom. The number of fused-ring (bicyclic) bond motifs is 1. The number of allylic oxidation sites excluding steroid dienone is 2. The molecule has 1 saturated heterocycles. The zero-order chi connectivity index (χ0) is 17.3. The molecule has 8 heteroatoms. The van der Waals surface area contributed by atoms with Gasteiger partial charge in [0.15, 0.2) is 11.2 Å². The van der Waals surface area contributed by atoms with Gasteiger partial charge in [-0.3, -0.25) is 19.3 Å². The quantitative estimate of drug-likeness (QED) is 0.659. The van der Waals surface area contributed by atoms with E-state index in [1.54, 1.807) is 7.05 Å². The molecule has 0 saturated carbocycles. The van der Waals surface area contributed by atoms with Gasteiger partial charge < -0.3 is 9.47 Å². The average molecular weight is 330 g/mol. The summed E-state index contributed by atoms with van der Waals surface area (Å²) in [5, 5.41) is 0. The summed E-state index contributed by atoms with van der Waals surface area (Å²) >= 11 is 0. The molecule has 0 aliphatic carbocycles. The van der Waals surface area contributed by atoms with E-state index in [1.165, 1.54) is 4.57 Å². The molecule has 1 fully saturated rings. The Bertz CT molecular complexity index is 904. The molecule has 0 unspecified atom stereocenters. The molecule has 3 rings (SSSR count). The third kappa shape index (κ3) is 2.68. The zero-order valence-corrected chi connectivity index (χ0v) is 14.0. The van der Waals surface area contributed by atoms with Crippen LogP contribution in [0.4, 0.5) is 5.95 Å². The standard InChI is InChI=1S/C16H22N6O2/c1-4-5-9-22-12-13(20(3)16(24)19-14(12)23)18-15(22)21-8-6-7-11(10-21)17-2/h4-5,11H,2,6-10H2,1,3H3,(H,19,23,24)/b5-4+/t11-/m1/s1. The highest BCUT2D eigenvalue weighted by atomic mass is 16.2. The molecule has 0 aromatic carbocycles. The van der Waals surface area contributed by atoms with Crippen molar-refractivity contribution in [2.75, 3.05) is 18.0 Å². The number of hydrogen-bond donors (Lipinski definition) is 1. The van der Waals surface area contributed by atoms with Crippen LogP contribution in [-0.2, 0) is 13.6 Å². The number of anilines is 1. The van der Waals surface area contributed by atoms with Gasteiger partial charge in [0.25, 0.3) is 5.56 Å². The normalized spacial score (nSPS) is 18.6. The van der Waals surface area contributed by atoms with Crippen molar-refractivity contribution < 1.29 is 0 Å². The highest BCUT2D eigenvalue weighted by Gasteiger charge is 2.25. The van der Waals surface area contributed by atoms with Gasteiger partial charge in [0.1, 0.15) is 0 Å². The van der Waals surface area contributed by atoms with Gasteiger partial charge in [0.2, 0.25) is 5.95 Å². The molecule has 1 aliphatic heterocycles. The van der Waals surface area contributed by atoms with Gasteiger partial charge in [-0.15, -0.1) is 0 Å². The van der Waals surface area contributed by atoms with Crippen LogP contribution in [0.3, 0.4) is 0 Å². The van der Waals surface area contributed by atoms with Crippen LogP contribution in [0.2, 0.25) is 0 Å². The summed E-state index contributed by atoms with van der Waals surface area (Å²) in [6.45, 7) is 7.66. The smallest absolute Gasteiger partial charge is 0.329 e. The van der Waals surface area contributed by atoms with Crippen LogP contribution in [0.25, 0.3) is 11.2 Å². The second-order valence-electron chi connectivity index (χ2n) is 6.01. The summed E-state index contributed by atoms with van der Waals surface area (Å²) in [6.07, 6.45) is 5.89. The molecule has 0 amide bonds. The summed E-state index contributed by atoms with van der Waals surface area (Å²) in [7, 11) is 1.61.